The van der Waals surface area contributed by atoms with E-state index in [0.717, 1.165) is 6.54 Å². The van der Waals surface area contributed by atoms with Gasteiger partial charge in [-0.3, -0.25) is 0 Å². The molecule has 1 aliphatic rings. The zero-order valence-electron chi connectivity index (χ0n) is 12.2. The lowest BCUT2D eigenvalue weighted by molar-refractivity contribution is 0.434. The first kappa shape index (κ1) is 15.3. The smallest absolute Gasteiger partial charge is 0.0339 e. The van der Waals surface area contributed by atoms with Crippen molar-refractivity contribution >= 4 is 23.5 Å². The highest BCUT2D eigenvalue weighted by molar-refractivity contribution is 8.00. The molecule has 0 spiro atoms. The predicted octanol–water partition coefficient (Wildman–Crippen LogP) is 4.73. The maximum Gasteiger partial charge on any atom is 0.0339 e. The van der Waals surface area contributed by atoms with Gasteiger partial charge in [0.25, 0.3) is 0 Å². The Morgan fingerprint density at radius 1 is 1.32 bits per heavy atom. The van der Waals surface area contributed by atoms with E-state index in [1.165, 1.54) is 35.5 Å². The fourth-order valence-corrected chi connectivity index (χ4v) is 4.65. The molecule has 0 fully saturated rings. The third-order valence-electron chi connectivity index (χ3n) is 4.35. The Kier molecular flexibility index (Phi) is 5.67. The number of hydrogen-bond acceptors (Lipinski definition) is 3. The highest BCUT2D eigenvalue weighted by Crippen LogP contribution is 2.37. The van der Waals surface area contributed by atoms with Gasteiger partial charge in [0.15, 0.2) is 0 Å². The van der Waals surface area contributed by atoms with Gasteiger partial charge in [-0.15, -0.1) is 11.8 Å². The van der Waals surface area contributed by atoms with Crippen molar-refractivity contribution < 1.29 is 0 Å². The number of hydrogen-bond donors (Lipinski definition) is 1. The molecule has 0 saturated heterocycles. The Labute approximate surface area is 126 Å². The molecule has 0 amide bonds. The minimum Gasteiger partial charge on any atom is -0.308 e. The summed E-state index contributed by atoms with van der Waals surface area (Å²) in [5, 5.41) is 3.84. The van der Waals surface area contributed by atoms with Crippen molar-refractivity contribution in [2.75, 3.05) is 18.6 Å². The molecule has 0 saturated carbocycles. The van der Waals surface area contributed by atoms with Gasteiger partial charge in [-0.2, -0.15) is 11.8 Å². The number of benzene rings is 1. The first-order chi connectivity index (χ1) is 9.24. The molecule has 106 valence electrons. The highest BCUT2D eigenvalue weighted by Gasteiger charge is 2.27. The Balaban J connectivity index is 2.05. The van der Waals surface area contributed by atoms with Crippen LogP contribution in [0.15, 0.2) is 29.2 Å². The van der Waals surface area contributed by atoms with E-state index in [9.17, 15) is 0 Å². The Bertz CT molecular complexity index is 393. The van der Waals surface area contributed by atoms with Crippen LogP contribution in [0.2, 0.25) is 0 Å². The zero-order valence-corrected chi connectivity index (χ0v) is 13.9. The maximum absolute atomic E-state index is 3.84. The highest BCUT2D eigenvalue weighted by atomic mass is 32.2. The molecule has 0 bridgehead atoms. The first-order valence-electron chi connectivity index (χ1n) is 7.25. The zero-order chi connectivity index (χ0) is 13.7. The second kappa shape index (κ2) is 7.05. The Hall–Kier alpha value is -0.120. The standard InChI is InChI=1S/C16H25NS2/c1-4-16(5-2,18-3)12-17-14-10-11-19-15-9-7-6-8-13(14)15/h6-9,14,17H,4-5,10-12H2,1-3H3. The molecule has 1 aliphatic heterocycles. The largest absolute Gasteiger partial charge is 0.308 e. The van der Waals surface area contributed by atoms with Crippen molar-refractivity contribution in [3.63, 3.8) is 0 Å². The number of thioether (sulfide) groups is 2. The molecule has 0 aliphatic carbocycles. The van der Waals surface area contributed by atoms with Gasteiger partial charge < -0.3 is 5.32 Å². The summed E-state index contributed by atoms with van der Waals surface area (Å²) >= 11 is 4.02. The van der Waals surface area contributed by atoms with E-state index in [2.05, 4.69) is 49.7 Å². The number of nitrogens with one attached hydrogen (secondary N) is 1. The van der Waals surface area contributed by atoms with Gasteiger partial charge >= 0.3 is 0 Å². The van der Waals surface area contributed by atoms with Crippen LogP contribution in [0, 0.1) is 0 Å². The predicted molar refractivity (Wildman–Crippen MR) is 89.4 cm³/mol. The summed E-state index contributed by atoms with van der Waals surface area (Å²) < 4.78 is 0.402. The van der Waals surface area contributed by atoms with E-state index in [1.807, 2.05) is 23.5 Å². The molecular formula is C16H25NS2. The molecule has 1 aromatic carbocycles. The van der Waals surface area contributed by atoms with E-state index in [0.29, 0.717) is 10.8 Å². The fourth-order valence-electron chi connectivity index (χ4n) is 2.72. The fraction of sp³-hybridized carbons (Fsp3) is 0.625. The van der Waals surface area contributed by atoms with Crippen molar-refractivity contribution in [3.8, 4) is 0 Å². The topological polar surface area (TPSA) is 12.0 Å². The van der Waals surface area contributed by atoms with Gasteiger partial charge in [-0.05, 0) is 42.9 Å². The minimum atomic E-state index is 0.402. The third kappa shape index (κ3) is 3.50. The normalized spacial score (nSPS) is 19.2. The van der Waals surface area contributed by atoms with E-state index in [4.69, 9.17) is 0 Å². The van der Waals surface area contributed by atoms with Crippen LogP contribution >= 0.6 is 23.5 Å². The van der Waals surface area contributed by atoms with Crippen LogP contribution in [0.5, 0.6) is 0 Å². The van der Waals surface area contributed by atoms with Crippen LogP contribution < -0.4 is 5.32 Å². The van der Waals surface area contributed by atoms with Crippen molar-refractivity contribution in [2.24, 2.45) is 0 Å². The van der Waals surface area contributed by atoms with E-state index < -0.39 is 0 Å². The Morgan fingerprint density at radius 2 is 2.05 bits per heavy atom. The van der Waals surface area contributed by atoms with E-state index in [-0.39, 0.29) is 0 Å². The lowest BCUT2D eigenvalue weighted by atomic mass is 9.99. The lowest BCUT2D eigenvalue weighted by Crippen LogP contribution is -2.39. The summed E-state index contributed by atoms with van der Waals surface area (Å²) in [7, 11) is 0. The quantitative estimate of drug-likeness (QED) is 0.814. The molecule has 0 aromatic heterocycles. The summed E-state index contributed by atoms with van der Waals surface area (Å²) in [5.41, 5.74) is 1.50. The van der Waals surface area contributed by atoms with Gasteiger partial charge in [-0.25, -0.2) is 0 Å². The monoisotopic (exact) mass is 295 g/mol. The van der Waals surface area contributed by atoms with Crippen molar-refractivity contribution in [2.45, 2.75) is 48.8 Å². The van der Waals surface area contributed by atoms with Gasteiger partial charge in [0.05, 0.1) is 0 Å². The SMILES string of the molecule is CCC(CC)(CNC1CCSc2ccccc21)SC. The average Bonchev–Trinajstić information content (AvgIpc) is 2.49. The molecule has 1 atom stereocenters. The first-order valence-corrected chi connectivity index (χ1v) is 9.46. The summed E-state index contributed by atoms with van der Waals surface area (Å²) in [5.74, 6) is 1.24. The van der Waals surface area contributed by atoms with Crippen LogP contribution in [0.4, 0.5) is 0 Å². The lowest BCUT2D eigenvalue weighted by Gasteiger charge is -2.34. The summed E-state index contributed by atoms with van der Waals surface area (Å²) in [6.45, 7) is 5.74. The van der Waals surface area contributed by atoms with Gasteiger partial charge in [0.1, 0.15) is 0 Å². The van der Waals surface area contributed by atoms with Crippen molar-refractivity contribution in [3.05, 3.63) is 29.8 Å². The molecule has 1 aromatic rings. The molecule has 3 heteroatoms. The number of fused-ring (bicyclic) bond motifs is 1. The van der Waals surface area contributed by atoms with Crippen molar-refractivity contribution in [1.29, 1.82) is 0 Å². The second-order valence-electron chi connectivity index (χ2n) is 5.20. The molecule has 1 nitrogen and oxygen atoms in total. The van der Waals surface area contributed by atoms with Gasteiger partial charge in [0.2, 0.25) is 0 Å². The van der Waals surface area contributed by atoms with Gasteiger partial charge in [-0.1, -0.05) is 32.0 Å². The van der Waals surface area contributed by atoms with Gasteiger partial charge in [0, 0.05) is 22.2 Å². The third-order valence-corrected chi connectivity index (χ3v) is 7.06. The van der Waals surface area contributed by atoms with Crippen LogP contribution in [-0.4, -0.2) is 23.3 Å². The van der Waals surface area contributed by atoms with Crippen LogP contribution in [0.25, 0.3) is 0 Å². The summed E-state index contributed by atoms with van der Waals surface area (Å²) in [4.78, 5) is 1.47. The van der Waals surface area contributed by atoms with Crippen LogP contribution in [0.1, 0.15) is 44.7 Å². The van der Waals surface area contributed by atoms with E-state index >= 15 is 0 Å². The summed E-state index contributed by atoms with van der Waals surface area (Å²) in [6.07, 6.45) is 5.97. The molecule has 19 heavy (non-hydrogen) atoms. The molecular weight excluding hydrogens is 270 g/mol. The summed E-state index contributed by atoms with van der Waals surface area (Å²) in [6, 6.07) is 9.41. The number of rotatable bonds is 6. The molecule has 1 heterocycles. The Morgan fingerprint density at radius 3 is 2.74 bits per heavy atom. The van der Waals surface area contributed by atoms with Crippen LogP contribution in [-0.2, 0) is 0 Å². The molecule has 0 radical (unpaired) electrons. The van der Waals surface area contributed by atoms with E-state index in [1.54, 1.807) is 0 Å². The molecule has 2 rings (SSSR count). The molecule has 1 unspecified atom stereocenters. The minimum absolute atomic E-state index is 0.402. The van der Waals surface area contributed by atoms with Crippen molar-refractivity contribution in [1.82, 2.24) is 5.32 Å². The molecule has 1 N–H and O–H groups in total. The van der Waals surface area contributed by atoms with Crippen LogP contribution in [0.3, 0.4) is 0 Å². The maximum atomic E-state index is 3.84. The average molecular weight is 296 g/mol. The second-order valence-corrected chi connectivity index (χ2v) is 7.61.